The van der Waals surface area contributed by atoms with Crippen LogP contribution in [0.2, 0.25) is 0 Å². The Labute approximate surface area is 576 Å². The highest BCUT2D eigenvalue weighted by Crippen LogP contribution is 2.46. The molecule has 12 rings (SSSR count). The molecule has 6 aromatic rings. The minimum absolute atomic E-state index is 0. The van der Waals surface area contributed by atoms with Crippen molar-refractivity contribution in [2.75, 3.05) is 56.8 Å². The summed E-state index contributed by atoms with van der Waals surface area (Å²) in [7, 11) is 0. The Kier molecular flexibility index (Phi) is 22.1. The number of anilines is 2. The summed E-state index contributed by atoms with van der Waals surface area (Å²) >= 11 is 0. The number of carbonyl (C=O) groups is 7. The summed E-state index contributed by atoms with van der Waals surface area (Å²) in [5, 5.41) is 41.7. The van der Waals surface area contributed by atoms with Crippen molar-refractivity contribution in [1.82, 2.24) is 35.1 Å². The number of azide groups is 1. The number of amides is 5. The third-order valence-electron chi connectivity index (χ3n) is 19.5. The molecule has 0 radical (unpaired) electrons. The second kappa shape index (κ2) is 30.2. The number of carbonyl (C=O) groups excluding carboxylic acids is 7. The Bertz CT molecular complexity index is 4480. The number of benzene rings is 2. The topological polar surface area (TPSA) is 411 Å². The fourth-order valence-electron chi connectivity index (χ4n) is 13.9. The maximum Gasteiger partial charge on any atom is 0.343 e. The number of nitrogens with zero attached hydrogens (tertiary/aromatic N) is 7. The molecule has 6 aliphatic rings. The second-order valence-electron chi connectivity index (χ2n) is 26.4. The Morgan fingerprint density at radius 3 is 1.49 bits per heavy atom. The number of nitrogens with one attached hydrogen (secondary N) is 5. The van der Waals surface area contributed by atoms with Gasteiger partial charge in [0.2, 0.25) is 29.5 Å². The van der Waals surface area contributed by atoms with E-state index in [4.69, 9.17) is 44.9 Å². The van der Waals surface area contributed by atoms with Crippen molar-refractivity contribution in [3.05, 3.63) is 123 Å². The largest absolute Gasteiger partial charge is 0.458 e. The lowest BCUT2D eigenvalue weighted by molar-refractivity contribution is -0.172. The summed E-state index contributed by atoms with van der Waals surface area (Å²) in [6.45, 7) is 15.3. The molecular weight excluding hydrogens is 1290 g/mol. The number of esters is 2. The first-order chi connectivity index (χ1) is 47.3. The molecule has 2 aromatic carbocycles. The first-order valence-corrected chi connectivity index (χ1v) is 33.7. The molecule has 4 aliphatic heterocycles. The molecule has 0 saturated heterocycles. The van der Waals surface area contributed by atoms with Gasteiger partial charge in [0.15, 0.2) is 11.2 Å². The Balaban J connectivity index is 0.000000223. The van der Waals surface area contributed by atoms with E-state index in [1.165, 1.54) is 0 Å². The summed E-state index contributed by atoms with van der Waals surface area (Å²) in [4.78, 5) is 130. The number of nitrogens with two attached hydrogens (primary N) is 1. The van der Waals surface area contributed by atoms with Crippen LogP contribution in [0.4, 0.5) is 11.4 Å². The fraction of sp³-hybridized carbons (Fsp3) is 0.507. The number of hydrogen-bond donors (Lipinski definition) is 8. The zero-order valence-electron chi connectivity index (χ0n) is 56.7. The second-order valence-corrected chi connectivity index (χ2v) is 26.4. The third kappa shape index (κ3) is 13.8. The minimum Gasteiger partial charge on any atom is -0.458 e. The predicted octanol–water partition coefficient (Wildman–Crippen LogP) is 5.14. The van der Waals surface area contributed by atoms with Gasteiger partial charge in [0.05, 0.1) is 97.1 Å². The van der Waals surface area contributed by atoms with Crippen molar-refractivity contribution in [2.24, 2.45) is 22.7 Å². The summed E-state index contributed by atoms with van der Waals surface area (Å²) in [6, 6.07) is 7.33. The van der Waals surface area contributed by atoms with Crippen molar-refractivity contribution >= 4 is 74.7 Å². The van der Waals surface area contributed by atoms with Gasteiger partial charge in [0, 0.05) is 55.9 Å². The van der Waals surface area contributed by atoms with Gasteiger partial charge in [-0.2, -0.15) is 0 Å². The molecule has 0 bridgehead atoms. The molecule has 29 nitrogen and oxygen atoms in total. The standard InChI is InChI=1S/C39H48N8O10.C31H35N5O6.CH4/c1-5-39(53)27-17-30-34-25(18-47(30)37(51)26(27)19-57-38(39)52)23-7-6-8-24-28(9-10-29(43-34)32(23)24)44-35(49)22(4)42-36(50)33(21(2)3)45-31(48)20-56-16-15-55-14-13-54-12-11-41-46-40;1-5-31(41)20-11-23-26-18(12-36(23)29(39)19(20)13-42-30(31)40)16-7-6-8-17-21(9-10-22(34-26)24(16)17)35-27(37)15(4)33-28(38)25(32)14(2)3;/h9-10,17,21-22,33,53H,5-8,11-16,18-20H2,1-4H3,(H,42,50)(H,44,49)(H,45,48);9-11,14-15,25,41H,5-8,12-13,32H2,1-4H3,(H,33,38)(H,35,37);1H4/t22-,33-,39-;15-,25-,31-;/m00./s1. The molecule has 6 atom stereocenters. The van der Waals surface area contributed by atoms with Gasteiger partial charge in [-0.15, -0.1) is 0 Å². The normalized spacial score (nSPS) is 18.3. The monoisotopic (exact) mass is 1380 g/mol. The van der Waals surface area contributed by atoms with E-state index in [1.54, 1.807) is 68.9 Å². The molecule has 0 saturated carbocycles. The summed E-state index contributed by atoms with van der Waals surface area (Å²) in [5.74, 6) is -4.05. The molecule has 0 fully saturated rings. The van der Waals surface area contributed by atoms with Crippen LogP contribution in [-0.2, 0) is 120 Å². The molecule has 4 aromatic heterocycles. The van der Waals surface area contributed by atoms with Crippen LogP contribution < -0.4 is 43.4 Å². The molecule has 532 valence electrons. The van der Waals surface area contributed by atoms with Crippen LogP contribution in [0, 0.1) is 11.8 Å². The zero-order valence-corrected chi connectivity index (χ0v) is 56.7. The molecule has 2 aliphatic carbocycles. The molecule has 0 unspecified atom stereocenters. The van der Waals surface area contributed by atoms with Crippen LogP contribution in [0.3, 0.4) is 0 Å². The van der Waals surface area contributed by atoms with Crippen LogP contribution in [0.1, 0.15) is 144 Å². The molecule has 9 N–H and O–H groups in total. The van der Waals surface area contributed by atoms with Crippen molar-refractivity contribution in [2.45, 2.75) is 176 Å². The highest BCUT2D eigenvalue weighted by atomic mass is 16.6. The summed E-state index contributed by atoms with van der Waals surface area (Å²) < 4.78 is 29.6. The average Bonchev–Trinajstić information content (AvgIpc) is 1.54. The number of fused-ring (bicyclic) bond motifs is 10. The van der Waals surface area contributed by atoms with Gasteiger partial charge in [-0.05, 0) is 141 Å². The van der Waals surface area contributed by atoms with Gasteiger partial charge in [0.1, 0.15) is 37.9 Å². The van der Waals surface area contributed by atoms with Crippen LogP contribution in [-0.4, -0.2) is 141 Å². The van der Waals surface area contributed by atoms with Gasteiger partial charge in [-0.1, -0.05) is 54.1 Å². The van der Waals surface area contributed by atoms with Crippen molar-refractivity contribution < 1.29 is 67.5 Å². The Morgan fingerprint density at radius 2 is 1.05 bits per heavy atom. The van der Waals surface area contributed by atoms with Gasteiger partial charge in [0.25, 0.3) is 11.1 Å². The van der Waals surface area contributed by atoms with E-state index >= 15 is 0 Å². The predicted molar refractivity (Wildman–Crippen MR) is 368 cm³/mol. The number of pyridine rings is 4. The van der Waals surface area contributed by atoms with Crippen LogP contribution in [0.15, 0.2) is 51.1 Å². The Morgan fingerprint density at radius 1 is 0.610 bits per heavy atom. The highest BCUT2D eigenvalue weighted by Gasteiger charge is 2.48. The van der Waals surface area contributed by atoms with E-state index < -0.39 is 65.0 Å². The number of hydrogen-bond acceptors (Lipinski definition) is 20. The van der Waals surface area contributed by atoms with E-state index in [2.05, 4.69) is 36.6 Å². The van der Waals surface area contributed by atoms with E-state index in [9.17, 15) is 53.4 Å². The summed E-state index contributed by atoms with van der Waals surface area (Å²) in [6.07, 6.45) is 4.71. The summed E-state index contributed by atoms with van der Waals surface area (Å²) in [5.41, 5.74) is 21.7. The molecule has 29 heteroatoms. The minimum atomic E-state index is -1.92. The molecule has 100 heavy (non-hydrogen) atoms. The van der Waals surface area contributed by atoms with Gasteiger partial charge in [-0.25, -0.2) is 19.6 Å². The number of aryl methyl sites for hydroxylation is 4. The highest BCUT2D eigenvalue weighted by molar-refractivity contribution is 6.04. The number of aromatic nitrogens is 4. The van der Waals surface area contributed by atoms with E-state index in [0.29, 0.717) is 72.5 Å². The lowest BCUT2D eigenvalue weighted by Crippen LogP contribution is -2.54. The van der Waals surface area contributed by atoms with E-state index in [0.717, 1.165) is 81.8 Å². The first kappa shape index (κ1) is 73.2. The van der Waals surface area contributed by atoms with Crippen LogP contribution in [0.25, 0.3) is 55.0 Å². The number of rotatable bonds is 24. The molecule has 0 spiro atoms. The SMILES string of the molecule is C.CC[C@@]1(O)C(=O)OCc2c1cc1n(c2=O)Cc2c-1nc1ccc(NC(=O)[C@H](C)NC(=O)[C@@H](N)C(C)C)c3c1c2CCC3.CC[C@@]1(O)C(=O)OCc2c1cc1n(c2=O)Cc2c-1nc1ccc(NC(=O)[C@H](C)NC(=O)[C@@H](NC(=O)COCCOCCOCCN=[N+]=[N-])C(C)C)c3c1c2CCC3. The fourth-order valence-corrected chi connectivity index (χ4v) is 13.9. The average molecular weight is 1380 g/mol. The van der Waals surface area contributed by atoms with Crippen LogP contribution >= 0.6 is 0 Å². The number of ether oxygens (including phenoxy) is 5. The maximum absolute atomic E-state index is 13.7. The van der Waals surface area contributed by atoms with Gasteiger partial charge < -0.3 is 75.3 Å². The maximum atomic E-state index is 13.7. The quantitative estimate of drug-likeness (QED) is 0.0128. The van der Waals surface area contributed by atoms with Crippen LogP contribution in [0.5, 0.6) is 0 Å². The third-order valence-corrected chi connectivity index (χ3v) is 19.5. The van der Waals surface area contributed by atoms with Gasteiger partial charge >= 0.3 is 11.9 Å². The lowest BCUT2D eigenvalue weighted by atomic mass is 9.85. The van der Waals surface area contributed by atoms with E-state index in [-0.39, 0.29) is 123 Å². The molecular formula is C71H87N13O16. The van der Waals surface area contributed by atoms with E-state index in [1.807, 2.05) is 32.0 Å². The number of cyclic esters (lactones) is 2. The van der Waals surface area contributed by atoms with Gasteiger partial charge in [-0.3, -0.25) is 33.6 Å². The first-order valence-electron chi connectivity index (χ1n) is 33.7. The molecule has 5 amide bonds. The Hall–Kier alpha value is -9.48. The van der Waals surface area contributed by atoms with Crippen molar-refractivity contribution in [3.8, 4) is 22.8 Å². The number of aliphatic hydroxyl groups is 2. The zero-order chi connectivity index (χ0) is 70.9. The molecule has 8 heterocycles. The lowest BCUT2D eigenvalue weighted by Gasteiger charge is -2.31. The van der Waals surface area contributed by atoms with Crippen molar-refractivity contribution in [1.29, 1.82) is 0 Å². The smallest absolute Gasteiger partial charge is 0.343 e. The van der Waals surface area contributed by atoms with Crippen molar-refractivity contribution in [3.63, 3.8) is 0 Å².